The highest BCUT2D eigenvalue weighted by Crippen LogP contribution is 2.44. The van der Waals surface area contributed by atoms with Crippen molar-refractivity contribution in [3.63, 3.8) is 0 Å². The fraction of sp³-hybridized carbons (Fsp3) is 0.214. The summed E-state index contributed by atoms with van der Waals surface area (Å²) in [6.45, 7) is 2.16. The number of aromatic nitrogens is 1. The molecule has 0 saturated heterocycles. The van der Waals surface area contributed by atoms with Crippen LogP contribution in [0.5, 0.6) is 0 Å². The lowest BCUT2D eigenvalue weighted by Gasteiger charge is -2.18. The van der Waals surface area contributed by atoms with Crippen LogP contribution >= 0.6 is 0 Å². The van der Waals surface area contributed by atoms with Gasteiger partial charge in [-0.25, -0.2) is 9.59 Å². The highest BCUT2D eigenvalue weighted by molar-refractivity contribution is 5.84. The number of carbonyl (C=O) groups is 2. The molecule has 1 aromatic heterocycles. The number of benzene rings is 3. The number of carboxylic acids is 1. The molecule has 2 N–H and O–H groups in total. The molecule has 1 heterocycles. The Morgan fingerprint density at radius 1 is 1.00 bits per heavy atom. The third-order valence-electron chi connectivity index (χ3n) is 6.64. The van der Waals surface area contributed by atoms with Crippen LogP contribution < -0.4 is 5.32 Å². The molecule has 0 fully saturated rings. The summed E-state index contributed by atoms with van der Waals surface area (Å²) < 4.78 is 7.51. The van der Waals surface area contributed by atoms with E-state index in [9.17, 15) is 14.7 Å². The van der Waals surface area contributed by atoms with Gasteiger partial charge in [-0.2, -0.15) is 0 Å². The van der Waals surface area contributed by atoms with E-state index in [1.807, 2.05) is 73.1 Å². The standard InChI is InChI=1S/C28H26N2O4/c1-17-11-12-26-18(13-17)14-19(30(26)2)15-25(27(31)32)29-28(33)34-16-24-22-9-5-3-7-20(22)21-8-4-6-10-23(21)24/h3-14,24-25H,15-16H2,1-2H3,(H,29,33)(H,31,32). The minimum atomic E-state index is -1.10. The van der Waals surface area contributed by atoms with Gasteiger partial charge in [0, 0.05) is 36.0 Å². The first-order chi connectivity index (χ1) is 16.4. The number of nitrogens with one attached hydrogen (secondary N) is 1. The van der Waals surface area contributed by atoms with Crippen LogP contribution in [0.4, 0.5) is 4.79 Å². The molecule has 0 spiro atoms. The summed E-state index contributed by atoms with van der Waals surface area (Å²) in [4.78, 5) is 24.6. The van der Waals surface area contributed by atoms with Gasteiger partial charge in [0.05, 0.1) is 0 Å². The van der Waals surface area contributed by atoms with Crippen molar-refractivity contribution in [3.8, 4) is 11.1 Å². The number of hydrogen-bond acceptors (Lipinski definition) is 3. The number of fused-ring (bicyclic) bond motifs is 4. The van der Waals surface area contributed by atoms with Crippen molar-refractivity contribution in [3.05, 3.63) is 95.2 Å². The van der Waals surface area contributed by atoms with Crippen LogP contribution in [-0.2, 0) is 23.0 Å². The monoisotopic (exact) mass is 454 g/mol. The molecule has 6 heteroatoms. The maximum absolute atomic E-state index is 12.6. The second-order valence-electron chi connectivity index (χ2n) is 8.82. The molecule has 0 aliphatic heterocycles. The maximum Gasteiger partial charge on any atom is 0.407 e. The Morgan fingerprint density at radius 3 is 2.29 bits per heavy atom. The molecule has 172 valence electrons. The zero-order valence-electron chi connectivity index (χ0n) is 19.1. The van der Waals surface area contributed by atoms with Gasteiger partial charge < -0.3 is 19.7 Å². The smallest absolute Gasteiger partial charge is 0.407 e. The topological polar surface area (TPSA) is 80.6 Å². The van der Waals surface area contributed by atoms with E-state index in [0.29, 0.717) is 0 Å². The predicted octanol–water partition coefficient (Wildman–Crippen LogP) is 5.02. The zero-order valence-corrected chi connectivity index (χ0v) is 19.1. The summed E-state index contributed by atoms with van der Waals surface area (Å²) in [5, 5.41) is 13.3. The van der Waals surface area contributed by atoms with Gasteiger partial charge in [0.1, 0.15) is 12.6 Å². The van der Waals surface area contributed by atoms with Gasteiger partial charge in [-0.3, -0.25) is 0 Å². The number of alkyl carbamates (subject to hydrolysis) is 1. The first kappa shape index (κ1) is 21.8. The fourth-order valence-corrected chi connectivity index (χ4v) is 4.91. The molecule has 1 amide bonds. The number of carbonyl (C=O) groups excluding carboxylic acids is 1. The average Bonchev–Trinajstić information content (AvgIpc) is 3.31. The third kappa shape index (κ3) is 3.92. The zero-order chi connectivity index (χ0) is 23.8. The Morgan fingerprint density at radius 2 is 1.65 bits per heavy atom. The van der Waals surface area contributed by atoms with Gasteiger partial charge in [-0.1, -0.05) is 60.2 Å². The second kappa shape index (κ2) is 8.71. The molecule has 6 nitrogen and oxygen atoms in total. The first-order valence-corrected chi connectivity index (χ1v) is 11.3. The molecule has 5 rings (SSSR count). The molecule has 34 heavy (non-hydrogen) atoms. The Bertz CT molecular complexity index is 1360. The molecule has 1 aliphatic rings. The van der Waals surface area contributed by atoms with Crippen molar-refractivity contribution in [1.82, 2.24) is 9.88 Å². The van der Waals surface area contributed by atoms with Crippen molar-refractivity contribution in [2.75, 3.05) is 6.61 Å². The summed E-state index contributed by atoms with van der Waals surface area (Å²) in [5.41, 5.74) is 7.48. The number of nitrogens with zero attached hydrogens (tertiary/aromatic N) is 1. The van der Waals surface area contributed by atoms with Gasteiger partial charge in [0.2, 0.25) is 0 Å². The molecule has 3 aromatic carbocycles. The molecule has 0 saturated carbocycles. The lowest BCUT2D eigenvalue weighted by molar-refractivity contribution is -0.139. The van der Waals surface area contributed by atoms with Gasteiger partial charge in [-0.15, -0.1) is 0 Å². The van der Waals surface area contributed by atoms with Crippen molar-refractivity contribution in [2.24, 2.45) is 7.05 Å². The number of ether oxygens (including phenoxy) is 1. The van der Waals surface area contributed by atoms with E-state index in [1.165, 1.54) is 0 Å². The number of hydrogen-bond donors (Lipinski definition) is 2. The van der Waals surface area contributed by atoms with Crippen molar-refractivity contribution >= 4 is 23.0 Å². The van der Waals surface area contributed by atoms with Crippen LogP contribution in [0, 0.1) is 6.92 Å². The molecule has 1 unspecified atom stereocenters. The Balaban J connectivity index is 1.29. The summed E-state index contributed by atoms with van der Waals surface area (Å²) in [5.74, 6) is -1.18. The van der Waals surface area contributed by atoms with Gasteiger partial charge in [-0.05, 0) is 47.4 Å². The molecule has 1 aliphatic carbocycles. The normalized spacial score (nSPS) is 13.4. The number of amides is 1. The summed E-state index contributed by atoms with van der Waals surface area (Å²) in [6, 6.07) is 23.2. The Hall–Kier alpha value is -4.06. The van der Waals surface area contributed by atoms with E-state index < -0.39 is 18.1 Å². The number of rotatable bonds is 6. The van der Waals surface area contributed by atoms with Gasteiger partial charge in [0.15, 0.2) is 0 Å². The molecular weight excluding hydrogens is 428 g/mol. The Kier molecular flexibility index (Phi) is 5.57. The second-order valence-corrected chi connectivity index (χ2v) is 8.82. The van der Waals surface area contributed by atoms with Crippen LogP contribution in [-0.4, -0.2) is 34.4 Å². The van der Waals surface area contributed by atoms with Crippen molar-refractivity contribution in [2.45, 2.75) is 25.3 Å². The van der Waals surface area contributed by atoms with E-state index in [-0.39, 0.29) is 18.9 Å². The van der Waals surface area contributed by atoms with Crippen LogP contribution in [0.1, 0.15) is 28.3 Å². The number of aryl methyl sites for hydroxylation is 2. The van der Waals surface area contributed by atoms with Crippen molar-refractivity contribution < 1.29 is 19.4 Å². The van der Waals surface area contributed by atoms with E-state index in [1.54, 1.807) is 0 Å². The van der Waals surface area contributed by atoms with Gasteiger partial charge in [0.25, 0.3) is 0 Å². The highest BCUT2D eigenvalue weighted by atomic mass is 16.5. The molecular formula is C28H26N2O4. The summed E-state index contributed by atoms with van der Waals surface area (Å²) in [6.07, 6.45) is -0.576. The molecule has 0 radical (unpaired) electrons. The quantitative estimate of drug-likeness (QED) is 0.429. The van der Waals surface area contributed by atoms with Crippen LogP contribution in [0.25, 0.3) is 22.0 Å². The molecule has 4 aromatic rings. The van der Waals surface area contributed by atoms with Crippen LogP contribution in [0.3, 0.4) is 0 Å². The average molecular weight is 455 g/mol. The lowest BCUT2D eigenvalue weighted by Crippen LogP contribution is -2.43. The number of aliphatic carboxylic acids is 1. The van der Waals surface area contributed by atoms with Gasteiger partial charge >= 0.3 is 12.1 Å². The van der Waals surface area contributed by atoms with E-state index in [4.69, 9.17) is 4.74 Å². The maximum atomic E-state index is 12.6. The minimum absolute atomic E-state index is 0.0807. The highest BCUT2D eigenvalue weighted by Gasteiger charge is 2.30. The van der Waals surface area contributed by atoms with E-state index in [0.717, 1.165) is 44.4 Å². The summed E-state index contributed by atoms with van der Waals surface area (Å²) in [7, 11) is 1.90. The Labute approximate surface area is 197 Å². The number of carboxylic acid groups (broad SMARTS) is 1. The van der Waals surface area contributed by atoms with Crippen LogP contribution in [0.15, 0.2) is 72.8 Å². The predicted molar refractivity (Wildman–Crippen MR) is 131 cm³/mol. The van der Waals surface area contributed by atoms with Crippen LogP contribution in [0.2, 0.25) is 0 Å². The minimum Gasteiger partial charge on any atom is -0.480 e. The lowest BCUT2D eigenvalue weighted by atomic mass is 9.98. The van der Waals surface area contributed by atoms with E-state index >= 15 is 0 Å². The van der Waals surface area contributed by atoms with E-state index in [2.05, 4.69) is 23.5 Å². The summed E-state index contributed by atoms with van der Waals surface area (Å²) >= 11 is 0. The van der Waals surface area contributed by atoms with Crippen molar-refractivity contribution in [1.29, 1.82) is 0 Å². The molecule has 1 atom stereocenters. The SMILES string of the molecule is Cc1ccc2c(c1)cc(CC(NC(=O)OCC1c3ccccc3-c3ccccc31)C(=O)O)n2C. The third-order valence-corrected chi connectivity index (χ3v) is 6.64. The molecule has 0 bridgehead atoms. The fourth-order valence-electron chi connectivity index (χ4n) is 4.91. The largest absolute Gasteiger partial charge is 0.480 e. The first-order valence-electron chi connectivity index (χ1n) is 11.3.